The zero-order chi connectivity index (χ0) is 28.3. The highest BCUT2D eigenvalue weighted by Gasteiger charge is 2.17. The first kappa shape index (κ1) is 23.9. The second-order valence-electron chi connectivity index (χ2n) is 11.0. The molecule has 0 unspecified atom stereocenters. The van der Waals surface area contributed by atoms with Crippen LogP contribution in [0.3, 0.4) is 0 Å². The zero-order valence-corrected chi connectivity index (χ0v) is 23.2. The van der Waals surface area contributed by atoms with E-state index in [1.807, 2.05) is 18.3 Å². The maximum absolute atomic E-state index is 6.62. The summed E-state index contributed by atoms with van der Waals surface area (Å²) >= 11 is 0. The molecule has 0 spiro atoms. The molecule has 43 heavy (non-hydrogen) atoms. The lowest BCUT2D eigenvalue weighted by atomic mass is 9.94. The molecule has 0 N–H and O–H groups in total. The Morgan fingerprint density at radius 3 is 2.05 bits per heavy atom. The van der Waals surface area contributed by atoms with E-state index in [0.717, 1.165) is 66.1 Å². The first-order chi connectivity index (χ1) is 21.3. The van der Waals surface area contributed by atoms with E-state index in [1.165, 1.54) is 21.9 Å². The molecular formula is C40H24N2O. The molecule has 0 bridgehead atoms. The first-order valence-corrected chi connectivity index (χ1v) is 14.5. The van der Waals surface area contributed by atoms with Gasteiger partial charge in [0.05, 0.1) is 16.7 Å². The van der Waals surface area contributed by atoms with Crippen LogP contribution in [0.2, 0.25) is 0 Å². The average molecular weight is 549 g/mol. The van der Waals surface area contributed by atoms with Gasteiger partial charge in [0.15, 0.2) is 0 Å². The molecule has 0 aliphatic carbocycles. The fourth-order valence-corrected chi connectivity index (χ4v) is 6.36. The van der Waals surface area contributed by atoms with Gasteiger partial charge < -0.3 is 4.42 Å². The van der Waals surface area contributed by atoms with Crippen molar-refractivity contribution in [3.63, 3.8) is 0 Å². The summed E-state index contributed by atoms with van der Waals surface area (Å²) in [5.74, 6) is 0. The Bertz CT molecular complexity index is 2490. The normalized spacial score (nSPS) is 11.7. The first-order valence-electron chi connectivity index (χ1n) is 14.5. The van der Waals surface area contributed by atoms with Crippen LogP contribution in [-0.2, 0) is 0 Å². The molecule has 0 atom stereocenters. The second-order valence-corrected chi connectivity index (χ2v) is 11.0. The van der Waals surface area contributed by atoms with Crippen molar-refractivity contribution in [3.05, 3.63) is 146 Å². The highest BCUT2D eigenvalue weighted by atomic mass is 16.3. The van der Waals surface area contributed by atoms with E-state index in [1.54, 1.807) is 0 Å². The lowest BCUT2D eigenvalue weighted by Crippen LogP contribution is -1.89. The van der Waals surface area contributed by atoms with Crippen molar-refractivity contribution in [1.82, 2.24) is 9.97 Å². The van der Waals surface area contributed by atoms with Gasteiger partial charge in [0.2, 0.25) is 0 Å². The maximum Gasteiger partial charge on any atom is 0.143 e. The van der Waals surface area contributed by atoms with Crippen LogP contribution in [0.1, 0.15) is 0 Å². The van der Waals surface area contributed by atoms with Crippen LogP contribution < -0.4 is 0 Å². The van der Waals surface area contributed by atoms with Crippen LogP contribution in [0.4, 0.5) is 0 Å². The third kappa shape index (κ3) is 3.83. The number of hydrogen-bond donors (Lipinski definition) is 0. The van der Waals surface area contributed by atoms with Crippen molar-refractivity contribution in [2.24, 2.45) is 0 Å². The predicted molar refractivity (Wildman–Crippen MR) is 178 cm³/mol. The predicted octanol–water partition coefficient (Wildman–Crippen LogP) is 10.8. The van der Waals surface area contributed by atoms with Crippen LogP contribution >= 0.6 is 0 Å². The Labute approximate surface area is 247 Å². The SMILES string of the molecule is c1ccc(-c2ccc3oc4c(-c5ccc(-c6ccc7ccc8cccnc8c7n6)cc5)c5ccccc5cc4c3c2)cc1. The Kier molecular flexibility index (Phi) is 5.20. The Balaban J connectivity index is 1.21. The van der Waals surface area contributed by atoms with Crippen LogP contribution in [0, 0.1) is 0 Å². The molecule has 3 aromatic heterocycles. The van der Waals surface area contributed by atoms with Gasteiger partial charge in [-0.1, -0.05) is 109 Å². The molecule has 0 saturated carbocycles. The highest BCUT2D eigenvalue weighted by Crippen LogP contribution is 2.42. The molecule has 3 nitrogen and oxygen atoms in total. The molecular weight excluding hydrogens is 524 g/mol. The minimum Gasteiger partial charge on any atom is -0.455 e. The summed E-state index contributed by atoms with van der Waals surface area (Å²) in [5, 5.41) is 6.80. The third-order valence-corrected chi connectivity index (χ3v) is 8.49. The lowest BCUT2D eigenvalue weighted by molar-refractivity contribution is 0.670. The molecule has 0 aliphatic heterocycles. The Hall–Kier alpha value is -5.80. The summed E-state index contributed by atoms with van der Waals surface area (Å²) in [4.78, 5) is 9.68. The van der Waals surface area contributed by atoms with Gasteiger partial charge in [0.1, 0.15) is 11.2 Å². The Morgan fingerprint density at radius 1 is 0.442 bits per heavy atom. The molecule has 6 aromatic carbocycles. The standard InChI is InChI=1S/C40H24N2O/c1-2-7-25(8-3-1)30-19-21-36-33(23-30)34-24-31-9-4-5-11-32(31)37(40(34)43-36)27-14-12-26(13-15-27)35-20-18-29-17-16-28-10-6-22-41-38(28)39(29)42-35/h1-24H. The number of pyridine rings is 2. The number of furan rings is 1. The minimum atomic E-state index is 0.893. The lowest BCUT2D eigenvalue weighted by Gasteiger charge is -2.10. The van der Waals surface area contributed by atoms with Crippen molar-refractivity contribution < 1.29 is 4.42 Å². The van der Waals surface area contributed by atoms with Crippen LogP contribution in [0.5, 0.6) is 0 Å². The van der Waals surface area contributed by atoms with Gasteiger partial charge in [-0.3, -0.25) is 4.98 Å². The van der Waals surface area contributed by atoms with Crippen molar-refractivity contribution in [2.45, 2.75) is 0 Å². The van der Waals surface area contributed by atoms with Crippen molar-refractivity contribution in [1.29, 1.82) is 0 Å². The van der Waals surface area contributed by atoms with E-state index in [4.69, 9.17) is 9.40 Å². The number of nitrogens with zero attached hydrogens (tertiary/aromatic N) is 2. The van der Waals surface area contributed by atoms with Crippen LogP contribution in [0.25, 0.3) is 88.0 Å². The molecule has 0 radical (unpaired) electrons. The van der Waals surface area contributed by atoms with E-state index in [-0.39, 0.29) is 0 Å². The van der Waals surface area contributed by atoms with Crippen molar-refractivity contribution in [3.8, 4) is 33.5 Å². The molecule has 200 valence electrons. The monoisotopic (exact) mass is 548 g/mol. The molecule has 3 heteroatoms. The number of rotatable bonds is 3. The summed E-state index contributed by atoms with van der Waals surface area (Å²) in [6.07, 6.45) is 1.83. The summed E-state index contributed by atoms with van der Waals surface area (Å²) in [5.41, 5.74) is 10.2. The smallest absolute Gasteiger partial charge is 0.143 e. The second kappa shape index (κ2) is 9.37. The van der Waals surface area contributed by atoms with Gasteiger partial charge in [-0.05, 0) is 57.8 Å². The van der Waals surface area contributed by atoms with Crippen LogP contribution in [0.15, 0.2) is 150 Å². The molecule has 9 aromatic rings. The molecule has 3 heterocycles. The van der Waals surface area contributed by atoms with Gasteiger partial charge in [-0.25, -0.2) is 4.98 Å². The van der Waals surface area contributed by atoms with Crippen molar-refractivity contribution >= 4 is 54.5 Å². The van der Waals surface area contributed by atoms with Gasteiger partial charge in [0.25, 0.3) is 0 Å². The van der Waals surface area contributed by atoms with Crippen molar-refractivity contribution in [2.75, 3.05) is 0 Å². The van der Waals surface area contributed by atoms with Gasteiger partial charge in [0, 0.05) is 38.9 Å². The number of fused-ring (bicyclic) bond motifs is 7. The molecule has 0 saturated heterocycles. The molecule has 9 rings (SSSR count). The van der Waals surface area contributed by atoms with Crippen LogP contribution in [-0.4, -0.2) is 9.97 Å². The maximum atomic E-state index is 6.62. The minimum absolute atomic E-state index is 0.893. The largest absolute Gasteiger partial charge is 0.455 e. The summed E-state index contributed by atoms with van der Waals surface area (Å²) < 4.78 is 6.62. The number of benzene rings is 6. The Morgan fingerprint density at radius 2 is 1.16 bits per heavy atom. The summed E-state index contributed by atoms with van der Waals surface area (Å²) in [7, 11) is 0. The van der Waals surface area contributed by atoms with E-state index in [9.17, 15) is 0 Å². The third-order valence-electron chi connectivity index (χ3n) is 8.49. The van der Waals surface area contributed by atoms with E-state index < -0.39 is 0 Å². The zero-order valence-electron chi connectivity index (χ0n) is 23.2. The number of aromatic nitrogens is 2. The highest BCUT2D eigenvalue weighted by molar-refractivity contribution is 6.18. The molecule has 0 aliphatic rings. The van der Waals surface area contributed by atoms with E-state index >= 15 is 0 Å². The topological polar surface area (TPSA) is 38.9 Å². The van der Waals surface area contributed by atoms with E-state index in [2.05, 4.69) is 132 Å². The van der Waals surface area contributed by atoms with Gasteiger partial charge in [-0.2, -0.15) is 0 Å². The van der Waals surface area contributed by atoms with Gasteiger partial charge in [-0.15, -0.1) is 0 Å². The van der Waals surface area contributed by atoms with E-state index in [0.29, 0.717) is 0 Å². The average Bonchev–Trinajstić information content (AvgIpc) is 3.44. The summed E-state index contributed by atoms with van der Waals surface area (Å²) in [6.45, 7) is 0. The fourth-order valence-electron chi connectivity index (χ4n) is 6.36. The quantitative estimate of drug-likeness (QED) is 0.206. The van der Waals surface area contributed by atoms with Gasteiger partial charge >= 0.3 is 0 Å². The molecule has 0 fully saturated rings. The number of hydrogen-bond acceptors (Lipinski definition) is 3. The fraction of sp³-hybridized carbons (Fsp3) is 0. The molecule has 0 amide bonds. The summed E-state index contributed by atoms with van der Waals surface area (Å²) in [6, 6.07) is 49.0.